The number of halogens is 2. The molecule has 3 nitrogen and oxygen atoms in total. The lowest BCUT2D eigenvalue weighted by molar-refractivity contribution is -0.0526. The van der Waals surface area contributed by atoms with Crippen LogP contribution in [0.2, 0.25) is 0 Å². The lowest BCUT2D eigenvalue weighted by atomic mass is 10.3. The Morgan fingerprint density at radius 1 is 1.14 bits per heavy atom. The van der Waals surface area contributed by atoms with E-state index in [4.69, 9.17) is 0 Å². The summed E-state index contributed by atoms with van der Waals surface area (Å²) in [4.78, 5) is 7.85. The van der Waals surface area contributed by atoms with E-state index in [9.17, 15) is 8.78 Å². The van der Waals surface area contributed by atoms with Gasteiger partial charge >= 0.3 is 6.61 Å². The predicted octanol–water partition coefficient (Wildman–Crippen LogP) is 2.23. The fourth-order valence-corrected chi connectivity index (χ4v) is 1.10. The highest BCUT2D eigenvalue weighted by Gasteiger charge is 2.05. The quantitative estimate of drug-likeness (QED) is 0.738. The highest BCUT2D eigenvalue weighted by molar-refractivity contribution is 5.74. The SMILES string of the molecule is FC(F)Oc1ccc2ncccc2n1. The molecule has 0 unspecified atom stereocenters. The maximum atomic E-state index is 11.8. The largest absolute Gasteiger partial charge is 0.417 e. The van der Waals surface area contributed by atoms with Crippen LogP contribution in [-0.4, -0.2) is 16.6 Å². The maximum absolute atomic E-state index is 11.8. The van der Waals surface area contributed by atoms with E-state index in [1.165, 1.54) is 6.07 Å². The van der Waals surface area contributed by atoms with Crippen molar-refractivity contribution in [3.63, 3.8) is 0 Å². The van der Waals surface area contributed by atoms with Crippen molar-refractivity contribution in [2.75, 3.05) is 0 Å². The number of pyridine rings is 2. The lowest BCUT2D eigenvalue weighted by Crippen LogP contribution is -2.03. The summed E-state index contributed by atoms with van der Waals surface area (Å²) in [5.74, 6) is -0.0968. The fraction of sp³-hybridized carbons (Fsp3) is 0.111. The molecule has 0 saturated heterocycles. The first-order valence-electron chi connectivity index (χ1n) is 3.92. The van der Waals surface area contributed by atoms with Gasteiger partial charge in [0.2, 0.25) is 5.88 Å². The standard InChI is InChI=1S/C9H6F2N2O/c10-9(11)14-8-4-3-6-7(13-8)2-1-5-12-6/h1-5,9H. The average molecular weight is 196 g/mol. The monoisotopic (exact) mass is 196 g/mol. The summed E-state index contributed by atoms with van der Waals surface area (Å²) in [5.41, 5.74) is 1.18. The molecule has 0 spiro atoms. The Kier molecular flexibility index (Phi) is 2.22. The fourth-order valence-electron chi connectivity index (χ4n) is 1.10. The van der Waals surface area contributed by atoms with E-state index in [1.807, 2.05) is 0 Å². The number of hydrogen-bond donors (Lipinski definition) is 0. The van der Waals surface area contributed by atoms with Gasteiger partial charge in [-0.15, -0.1) is 0 Å². The van der Waals surface area contributed by atoms with Crippen LogP contribution in [0.15, 0.2) is 30.5 Å². The molecule has 0 fully saturated rings. The van der Waals surface area contributed by atoms with Gasteiger partial charge < -0.3 is 4.74 Å². The van der Waals surface area contributed by atoms with Gasteiger partial charge in [0, 0.05) is 12.3 Å². The molecule has 2 rings (SSSR count). The van der Waals surface area contributed by atoms with Gasteiger partial charge in [0.25, 0.3) is 0 Å². The Balaban J connectivity index is 2.41. The Morgan fingerprint density at radius 3 is 2.79 bits per heavy atom. The highest BCUT2D eigenvalue weighted by Crippen LogP contribution is 2.15. The minimum Gasteiger partial charge on any atom is -0.417 e. The van der Waals surface area contributed by atoms with Gasteiger partial charge in [0.05, 0.1) is 11.0 Å². The molecule has 0 aromatic carbocycles. The molecule has 0 aliphatic heterocycles. The van der Waals surface area contributed by atoms with Gasteiger partial charge in [-0.2, -0.15) is 8.78 Å². The summed E-state index contributed by atoms with van der Waals surface area (Å²) in [7, 11) is 0. The summed E-state index contributed by atoms with van der Waals surface area (Å²) >= 11 is 0. The third-order valence-electron chi connectivity index (χ3n) is 1.64. The van der Waals surface area contributed by atoms with Crippen LogP contribution in [0.5, 0.6) is 5.88 Å². The van der Waals surface area contributed by atoms with Crippen LogP contribution >= 0.6 is 0 Å². The Morgan fingerprint density at radius 2 is 2.00 bits per heavy atom. The third-order valence-corrected chi connectivity index (χ3v) is 1.64. The molecule has 0 radical (unpaired) electrons. The van der Waals surface area contributed by atoms with Crippen LogP contribution < -0.4 is 4.74 Å². The second-order valence-electron chi connectivity index (χ2n) is 2.57. The van der Waals surface area contributed by atoms with Gasteiger partial charge in [-0.1, -0.05) is 0 Å². The molecule has 2 heterocycles. The van der Waals surface area contributed by atoms with Crippen molar-refractivity contribution in [1.29, 1.82) is 0 Å². The van der Waals surface area contributed by atoms with E-state index in [0.717, 1.165) is 0 Å². The first kappa shape index (κ1) is 8.80. The third kappa shape index (κ3) is 1.76. The summed E-state index contributed by atoms with van der Waals surface area (Å²) in [6, 6.07) is 6.31. The van der Waals surface area contributed by atoms with Gasteiger partial charge in [0.1, 0.15) is 0 Å². The number of fused-ring (bicyclic) bond motifs is 1. The van der Waals surface area contributed by atoms with E-state index >= 15 is 0 Å². The second-order valence-corrected chi connectivity index (χ2v) is 2.57. The molecule has 0 saturated carbocycles. The maximum Gasteiger partial charge on any atom is 0.388 e. The van der Waals surface area contributed by atoms with Crippen LogP contribution in [-0.2, 0) is 0 Å². The van der Waals surface area contributed by atoms with Crippen molar-refractivity contribution in [3.8, 4) is 5.88 Å². The van der Waals surface area contributed by atoms with Gasteiger partial charge in [-0.05, 0) is 18.2 Å². The zero-order valence-electron chi connectivity index (χ0n) is 7.02. The molecule has 0 bridgehead atoms. The zero-order chi connectivity index (χ0) is 9.97. The summed E-state index contributed by atoms with van der Waals surface area (Å²) < 4.78 is 27.8. The molecule has 0 atom stereocenters. The summed E-state index contributed by atoms with van der Waals surface area (Å²) in [6.45, 7) is -2.85. The molecule has 2 aromatic rings. The van der Waals surface area contributed by atoms with Gasteiger partial charge in [0.15, 0.2) is 0 Å². The molecule has 2 aromatic heterocycles. The molecule has 5 heteroatoms. The minimum atomic E-state index is -2.85. The highest BCUT2D eigenvalue weighted by atomic mass is 19.3. The molecule has 14 heavy (non-hydrogen) atoms. The smallest absolute Gasteiger partial charge is 0.388 e. The van der Waals surface area contributed by atoms with Crippen LogP contribution in [0.25, 0.3) is 11.0 Å². The molecule has 72 valence electrons. The normalized spacial score (nSPS) is 10.8. The van der Waals surface area contributed by atoms with Crippen molar-refractivity contribution in [3.05, 3.63) is 30.5 Å². The van der Waals surface area contributed by atoms with E-state index in [1.54, 1.807) is 24.4 Å². The Labute approximate surface area is 78.4 Å². The molecular weight excluding hydrogens is 190 g/mol. The number of nitrogens with zero attached hydrogens (tertiary/aromatic N) is 2. The van der Waals surface area contributed by atoms with Crippen LogP contribution in [0.4, 0.5) is 8.78 Å². The first-order valence-corrected chi connectivity index (χ1v) is 3.92. The Hall–Kier alpha value is -1.78. The average Bonchev–Trinajstić information content (AvgIpc) is 2.17. The van der Waals surface area contributed by atoms with E-state index in [0.29, 0.717) is 11.0 Å². The molecular formula is C9H6F2N2O. The second kappa shape index (κ2) is 3.53. The molecule has 0 amide bonds. The molecule has 0 N–H and O–H groups in total. The van der Waals surface area contributed by atoms with Crippen molar-refractivity contribution in [1.82, 2.24) is 9.97 Å². The Bertz CT molecular complexity index is 448. The van der Waals surface area contributed by atoms with Crippen LogP contribution in [0.1, 0.15) is 0 Å². The topological polar surface area (TPSA) is 35.0 Å². The summed E-state index contributed by atoms with van der Waals surface area (Å²) in [6.07, 6.45) is 1.61. The van der Waals surface area contributed by atoms with E-state index in [2.05, 4.69) is 14.7 Å². The van der Waals surface area contributed by atoms with Crippen molar-refractivity contribution >= 4 is 11.0 Å². The van der Waals surface area contributed by atoms with Crippen LogP contribution in [0, 0.1) is 0 Å². The van der Waals surface area contributed by atoms with Crippen LogP contribution in [0.3, 0.4) is 0 Å². The number of aromatic nitrogens is 2. The van der Waals surface area contributed by atoms with Crippen molar-refractivity contribution in [2.45, 2.75) is 6.61 Å². The first-order chi connectivity index (χ1) is 6.75. The zero-order valence-corrected chi connectivity index (χ0v) is 7.02. The minimum absolute atomic E-state index is 0.0968. The number of rotatable bonds is 2. The lowest BCUT2D eigenvalue weighted by Gasteiger charge is -2.03. The van der Waals surface area contributed by atoms with Crippen molar-refractivity contribution < 1.29 is 13.5 Å². The van der Waals surface area contributed by atoms with Crippen molar-refractivity contribution in [2.24, 2.45) is 0 Å². The molecule has 0 aliphatic rings. The summed E-state index contributed by atoms with van der Waals surface area (Å²) in [5, 5.41) is 0. The van der Waals surface area contributed by atoms with Gasteiger partial charge in [-0.25, -0.2) is 4.98 Å². The number of alkyl halides is 2. The van der Waals surface area contributed by atoms with E-state index in [-0.39, 0.29) is 5.88 Å². The number of ether oxygens (including phenoxy) is 1. The van der Waals surface area contributed by atoms with E-state index < -0.39 is 6.61 Å². The van der Waals surface area contributed by atoms with Gasteiger partial charge in [-0.3, -0.25) is 4.98 Å². The molecule has 0 aliphatic carbocycles. The number of hydrogen-bond acceptors (Lipinski definition) is 3. The predicted molar refractivity (Wildman–Crippen MR) is 46.2 cm³/mol.